The van der Waals surface area contributed by atoms with Gasteiger partial charge >= 0.3 is 12.2 Å². The standard InChI is InChI=1S/C14H18F3N3O3/c1-20(7-10-3-5-11(23-2)6-4-10)8-12(21)19-13(22)18-9-14(15,16)17/h3-6H,7-9H2,1-2H3,(H2,18,19,21,22)/p+1. The molecular formula is C14H19F3N3O3+. The first-order chi connectivity index (χ1) is 10.7. The Morgan fingerprint density at radius 1 is 1.22 bits per heavy atom. The number of alkyl halides is 3. The van der Waals surface area contributed by atoms with E-state index in [-0.39, 0.29) is 6.54 Å². The van der Waals surface area contributed by atoms with E-state index in [0.717, 1.165) is 10.5 Å². The maximum Gasteiger partial charge on any atom is 0.405 e. The molecule has 0 saturated heterocycles. The van der Waals surface area contributed by atoms with Gasteiger partial charge in [0, 0.05) is 5.56 Å². The van der Waals surface area contributed by atoms with Crippen molar-refractivity contribution in [3.05, 3.63) is 29.8 Å². The lowest BCUT2D eigenvalue weighted by atomic mass is 10.2. The number of nitrogens with one attached hydrogen (secondary N) is 3. The Bertz CT molecular complexity index is 532. The predicted molar refractivity (Wildman–Crippen MR) is 76.0 cm³/mol. The Balaban J connectivity index is 2.36. The number of urea groups is 1. The third-order valence-corrected chi connectivity index (χ3v) is 2.83. The van der Waals surface area contributed by atoms with Crippen LogP contribution in [0, 0.1) is 0 Å². The molecule has 0 aliphatic rings. The van der Waals surface area contributed by atoms with Gasteiger partial charge in [0.05, 0.1) is 14.2 Å². The summed E-state index contributed by atoms with van der Waals surface area (Å²) in [4.78, 5) is 23.5. The summed E-state index contributed by atoms with van der Waals surface area (Å²) in [6, 6.07) is 6.09. The molecule has 1 unspecified atom stereocenters. The van der Waals surface area contributed by atoms with Gasteiger partial charge in [0.15, 0.2) is 6.54 Å². The third-order valence-electron chi connectivity index (χ3n) is 2.83. The molecule has 0 heterocycles. The molecule has 0 fully saturated rings. The second-order valence-corrected chi connectivity index (χ2v) is 5.00. The minimum atomic E-state index is -4.52. The molecule has 3 amide bonds. The number of ether oxygens (including phenoxy) is 1. The number of quaternary nitrogens is 1. The molecular weight excluding hydrogens is 315 g/mol. The average Bonchev–Trinajstić information content (AvgIpc) is 2.45. The molecule has 0 bridgehead atoms. The Morgan fingerprint density at radius 3 is 2.35 bits per heavy atom. The first-order valence-electron chi connectivity index (χ1n) is 6.78. The van der Waals surface area contributed by atoms with E-state index in [1.807, 2.05) is 17.4 Å². The van der Waals surface area contributed by atoms with E-state index in [9.17, 15) is 22.8 Å². The van der Waals surface area contributed by atoms with Crippen molar-refractivity contribution in [2.45, 2.75) is 12.7 Å². The van der Waals surface area contributed by atoms with Crippen molar-refractivity contribution in [2.75, 3.05) is 27.2 Å². The first-order valence-corrected chi connectivity index (χ1v) is 6.78. The van der Waals surface area contributed by atoms with Gasteiger partial charge in [-0.1, -0.05) is 0 Å². The number of likely N-dealkylation sites (N-methyl/N-ethyl adjacent to an activating group) is 1. The molecule has 9 heteroatoms. The molecule has 0 radical (unpaired) electrons. The molecule has 0 aliphatic carbocycles. The number of rotatable bonds is 6. The topological polar surface area (TPSA) is 71.9 Å². The highest BCUT2D eigenvalue weighted by atomic mass is 19.4. The van der Waals surface area contributed by atoms with Gasteiger partial charge < -0.3 is 15.0 Å². The number of methoxy groups -OCH3 is 1. The number of carbonyl (C=O) groups excluding carboxylic acids is 2. The number of hydrogen-bond donors (Lipinski definition) is 3. The highest BCUT2D eigenvalue weighted by Crippen LogP contribution is 2.12. The Morgan fingerprint density at radius 2 is 1.83 bits per heavy atom. The molecule has 0 aliphatic heterocycles. The number of halogens is 3. The second-order valence-electron chi connectivity index (χ2n) is 5.00. The molecule has 23 heavy (non-hydrogen) atoms. The zero-order valence-electron chi connectivity index (χ0n) is 12.8. The van der Waals surface area contributed by atoms with Crippen molar-refractivity contribution in [3.8, 4) is 5.75 Å². The third kappa shape index (κ3) is 8.05. The number of benzene rings is 1. The zero-order chi connectivity index (χ0) is 17.5. The number of amides is 3. The lowest BCUT2D eigenvalue weighted by Gasteiger charge is -2.14. The van der Waals surface area contributed by atoms with E-state index in [1.54, 1.807) is 31.6 Å². The summed E-state index contributed by atoms with van der Waals surface area (Å²) < 4.78 is 40.8. The van der Waals surface area contributed by atoms with Crippen LogP contribution in [0.1, 0.15) is 5.56 Å². The summed E-state index contributed by atoms with van der Waals surface area (Å²) in [6.07, 6.45) is -4.52. The van der Waals surface area contributed by atoms with E-state index in [1.165, 1.54) is 0 Å². The molecule has 0 spiro atoms. The van der Waals surface area contributed by atoms with Crippen LogP contribution in [0.5, 0.6) is 5.75 Å². The zero-order valence-corrected chi connectivity index (χ0v) is 12.8. The van der Waals surface area contributed by atoms with Gasteiger partial charge in [-0.3, -0.25) is 10.1 Å². The number of hydrogen-bond acceptors (Lipinski definition) is 3. The summed E-state index contributed by atoms with van der Waals surface area (Å²) in [5.74, 6) is 0.0566. The highest BCUT2D eigenvalue weighted by molar-refractivity contribution is 5.94. The van der Waals surface area contributed by atoms with Crippen LogP contribution in [0.3, 0.4) is 0 Å². The van der Waals surface area contributed by atoms with Gasteiger partial charge in [0.25, 0.3) is 5.91 Å². The van der Waals surface area contributed by atoms with Crippen LogP contribution in [0.15, 0.2) is 24.3 Å². The van der Waals surface area contributed by atoms with Gasteiger partial charge in [-0.15, -0.1) is 0 Å². The second kappa shape index (κ2) is 8.37. The largest absolute Gasteiger partial charge is 0.497 e. The lowest BCUT2D eigenvalue weighted by molar-refractivity contribution is -0.885. The van der Waals surface area contributed by atoms with Crippen LogP contribution in [0.25, 0.3) is 0 Å². The van der Waals surface area contributed by atoms with Crippen molar-refractivity contribution < 1.29 is 32.4 Å². The summed E-state index contributed by atoms with van der Waals surface area (Å²) in [6.45, 7) is -1.02. The van der Waals surface area contributed by atoms with Gasteiger partial charge in [0.1, 0.15) is 18.8 Å². The predicted octanol–water partition coefficient (Wildman–Crippen LogP) is 0.0980. The molecule has 0 aromatic heterocycles. The minimum absolute atomic E-state index is 0.0501. The Hall–Kier alpha value is -2.29. The van der Waals surface area contributed by atoms with E-state index in [4.69, 9.17) is 4.74 Å². The van der Waals surface area contributed by atoms with Gasteiger partial charge in [-0.25, -0.2) is 4.79 Å². The lowest BCUT2D eigenvalue weighted by Crippen LogP contribution is -3.09. The van der Waals surface area contributed by atoms with Gasteiger partial charge in [-0.2, -0.15) is 13.2 Å². The van der Waals surface area contributed by atoms with Crippen LogP contribution < -0.4 is 20.3 Å². The van der Waals surface area contributed by atoms with Crippen LogP contribution in [0.2, 0.25) is 0 Å². The number of imide groups is 1. The molecule has 3 N–H and O–H groups in total. The fourth-order valence-electron chi connectivity index (χ4n) is 1.82. The SMILES string of the molecule is COc1ccc(C[NH+](C)CC(=O)NC(=O)NCC(F)(F)F)cc1. The van der Waals surface area contributed by atoms with Crippen LogP contribution >= 0.6 is 0 Å². The fourth-order valence-corrected chi connectivity index (χ4v) is 1.82. The highest BCUT2D eigenvalue weighted by Gasteiger charge is 2.28. The molecule has 1 aromatic rings. The van der Waals surface area contributed by atoms with Gasteiger partial charge in [-0.05, 0) is 24.3 Å². The van der Waals surface area contributed by atoms with Gasteiger partial charge in [0.2, 0.25) is 0 Å². The molecule has 0 saturated carbocycles. The summed E-state index contributed by atoms with van der Waals surface area (Å²) >= 11 is 0. The molecule has 1 rings (SSSR count). The van der Waals surface area contributed by atoms with Crippen LogP contribution in [-0.2, 0) is 11.3 Å². The van der Waals surface area contributed by atoms with E-state index in [0.29, 0.717) is 12.3 Å². The van der Waals surface area contributed by atoms with E-state index in [2.05, 4.69) is 0 Å². The van der Waals surface area contributed by atoms with Crippen molar-refractivity contribution in [2.24, 2.45) is 0 Å². The van der Waals surface area contributed by atoms with Crippen molar-refractivity contribution in [1.82, 2.24) is 10.6 Å². The molecule has 128 valence electrons. The van der Waals surface area contributed by atoms with E-state index < -0.39 is 24.7 Å². The summed E-state index contributed by atoms with van der Waals surface area (Å²) in [7, 11) is 3.29. The maximum atomic E-state index is 11.9. The maximum absolute atomic E-state index is 11.9. The monoisotopic (exact) mass is 334 g/mol. The fraction of sp³-hybridized carbons (Fsp3) is 0.429. The van der Waals surface area contributed by atoms with Crippen molar-refractivity contribution in [3.63, 3.8) is 0 Å². The Labute approximate surface area is 131 Å². The normalized spacial score (nSPS) is 12.4. The first kappa shape index (κ1) is 18.8. The van der Waals surface area contributed by atoms with Crippen LogP contribution in [-0.4, -0.2) is 45.4 Å². The summed E-state index contributed by atoms with van der Waals surface area (Å²) in [5, 5.41) is 3.43. The molecule has 6 nitrogen and oxygen atoms in total. The van der Waals surface area contributed by atoms with Crippen molar-refractivity contribution in [1.29, 1.82) is 0 Å². The molecule has 1 aromatic carbocycles. The van der Waals surface area contributed by atoms with Crippen molar-refractivity contribution >= 4 is 11.9 Å². The average molecular weight is 334 g/mol. The quantitative estimate of drug-likeness (QED) is 0.691. The van der Waals surface area contributed by atoms with E-state index >= 15 is 0 Å². The summed E-state index contributed by atoms with van der Waals surface area (Å²) in [5.41, 5.74) is 0.956. The van der Waals surface area contributed by atoms with Crippen LogP contribution in [0.4, 0.5) is 18.0 Å². The minimum Gasteiger partial charge on any atom is -0.497 e. The smallest absolute Gasteiger partial charge is 0.405 e. The molecule has 1 atom stereocenters. The Kier molecular flexibility index (Phi) is 6.83. The number of carbonyl (C=O) groups is 2.